The maximum Gasteiger partial charge on any atom is 0.227 e. The lowest BCUT2D eigenvalue weighted by Crippen LogP contribution is -2.34. The lowest BCUT2D eigenvalue weighted by molar-refractivity contribution is -0.126. The number of anilines is 1. The van der Waals surface area contributed by atoms with Crippen LogP contribution >= 0.6 is 0 Å². The van der Waals surface area contributed by atoms with E-state index in [-0.39, 0.29) is 30.2 Å². The van der Waals surface area contributed by atoms with Crippen molar-refractivity contribution in [2.24, 2.45) is 5.92 Å². The predicted octanol–water partition coefficient (Wildman–Crippen LogP) is 3.53. The fourth-order valence-electron chi connectivity index (χ4n) is 3.18. The number of nitrogens with one attached hydrogen (secondary N) is 1. The zero-order valence-corrected chi connectivity index (χ0v) is 15.0. The number of hydrogen-bond donors (Lipinski definition) is 1. The predicted molar refractivity (Wildman–Crippen MR) is 99.4 cm³/mol. The van der Waals surface area contributed by atoms with Crippen LogP contribution in [0.25, 0.3) is 0 Å². The minimum absolute atomic E-state index is 0.00997. The number of benzene rings is 2. The molecule has 2 amide bonds. The third-order valence-electron chi connectivity index (χ3n) is 4.96. The van der Waals surface area contributed by atoms with Crippen molar-refractivity contribution < 1.29 is 9.59 Å². The molecule has 4 heteroatoms. The van der Waals surface area contributed by atoms with Crippen molar-refractivity contribution in [2.75, 3.05) is 11.4 Å². The minimum Gasteiger partial charge on any atom is -0.349 e. The van der Waals surface area contributed by atoms with Gasteiger partial charge in [0.25, 0.3) is 0 Å². The first-order chi connectivity index (χ1) is 12.0. The van der Waals surface area contributed by atoms with Crippen LogP contribution in [0.2, 0.25) is 0 Å². The van der Waals surface area contributed by atoms with Gasteiger partial charge in [0.05, 0.1) is 12.0 Å². The molecular weight excluding hydrogens is 312 g/mol. The van der Waals surface area contributed by atoms with Crippen LogP contribution < -0.4 is 10.2 Å². The number of rotatable bonds is 4. The van der Waals surface area contributed by atoms with Crippen molar-refractivity contribution in [2.45, 2.75) is 33.2 Å². The molecule has 1 heterocycles. The average Bonchev–Trinajstić information content (AvgIpc) is 3.00. The summed E-state index contributed by atoms with van der Waals surface area (Å²) in [7, 11) is 0. The lowest BCUT2D eigenvalue weighted by Gasteiger charge is -2.19. The van der Waals surface area contributed by atoms with E-state index in [9.17, 15) is 9.59 Å². The van der Waals surface area contributed by atoms with Gasteiger partial charge in [-0.2, -0.15) is 0 Å². The molecule has 130 valence electrons. The molecular formula is C21H24N2O2. The number of amides is 2. The summed E-state index contributed by atoms with van der Waals surface area (Å²) in [5.41, 5.74) is 4.28. The van der Waals surface area contributed by atoms with E-state index in [2.05, 4.69) is 5.32 Å². The molecule has 1 saturated heterocycles. The average molecular weight is 336 g/mol. The Morgan fingerprint density at radius 3 is 2.52 bits per heavy atom. The summed E-state index contributed by atoms with van der Waals surface area (Å²) in [5, 5.41) is 3.03. The summed E-state index contributed by atoms with van der Waals surface area (Å²) in [5.74, 6) is -0.355. The third kappa shape index (κ3) is 3.73. The van der Waals surface area contributed by atoms with Gasteiger partial charge in [0.1, 0.15) is 0 Å². The molecule has 0 aliphatic carbocycles. The summed E-state index contributed by atoms with van der Waals surface area (Å²) < 4.78 is 0. The van der Waals surface area contributed by atoms with Crippen molar-refractivity contribution >= 4 is 17.5 Å². The van der Waals surface area contributed by atoms with Crippen molar-refractivity contribution in [1.29, 1.82) is 0 Å². The van der Waals surface area contributed by atoms with Crippen molar-refractivity contribution in [3.63, 3.8) is 0 Å². The van der Waals surface area contributed by atoms with E-state index < -0.39 is 0 Å². The smallest absolute Gasteiger partial charge is 0.227 e. The standard InChI is InChI=1S/C21H24N2O2/c1-14-9-10-19(11-15(14)2)23-13-18(12-20(23)24)21(25)22-16(3)17-7-5-4-6-8-17/h4-11,16,18H,12-13H2,1-3H3,(H,22,25)/t16-,18+/m0/s1. The number of nitrogens with zero attached hydrogens (tertiary/aromatic N) is 1. The Morgan fingerprint density at radius 2 is 1.84 bits per heavy atom. The van der Waals surface area contributed by atoms with Gasteiger partial charge in [-0.05, 0) is 49.6 Å². The molecule has 1 aliphatic rings. The van der Waals surface area contributed by atoms with Crippen molar-refractivity contribution in [1.82, 2.24) is 5.32 Å². The topological polar surface area (TPSA) is 49.4 Å². The first kappa shape index (κ1) is 17.2. The molecule has 2 atom stereocenters. The second-order valence-corrected chi connectivity index (χ2v) is 6.81. The molecule has 0 bridgehead atoms. The molecule has 2 aromatic carbocycles. The zero-order chi connectivity index (χ0) is 18.0. The van der Waals surface area contributed by atoms with E-state index >= 15 is 0 Å². The Hall–Kier alpha value is -2.62. The highest BCUT2D eigenvalue weighted by molar-refractivity contribution is 6.00. The van der Waals surface area contributed by atoms with Gasteiger partial charge >= 0.3 is 0 Å². The van der Waals surface area contributed by atoms with Crippen LogP contribution in [-0.4, -0.2) is 18.4 Å². The summed E-state index contributed by atoms with van der Waals surface area (Å²) >= 11 is 0. The minimum atomic E-state index is -0.305. The molecule has 1 N–H and O–H groups in total. The quantitative estimate of drug-likeness (QED) is 0.928. The maximum atomic E-state index is 12.6. The van der Waals surface area contributed by atoms with Gasteiger partial charge in [0, 0.05) is 18.7 Å². The highest BCUT2D eigenvalue weighted by Crippen LogP contribution is 2.27. The zero-order valence-electron chi connectivity index (χ0n) is 15.0. The number of hydrogen-bond acceptors (Lipinski definition) is 2. The second kappa shape index (κ2) is 7.09. The Morgan fingerprint density at radius 1 is 1.12 bits per heavy atom. The Kier molecular flexibility index (Phi) is 4.88. The van der Waals surface area contributed by atoms with Gasteiger partial charge < -0.3 is 10.2 Å². The van der Waals surface area contributed by atoms with Gasteiger partial charge in [-0.3, -0.25) is 9.59 Å². The normalized spacial score (nSPS) is 18.3. The number of aryl methyl sites for hydroxylation is 2. The van der Waals surface area contributed by atoms with Gasteiger partial charge in [-0.15, -0.1) is 0 Å². The molecule has 2 aromatic rings. The molecule has 25 heavy (non-hydrogen) atoms. The third-order valence-corrected chi connectivity index (χ3v) is 4.96. The second-order valence-electron chi connectivity index (χ2n) is 6.81. The van der Waals surface area contributed by atoms with Gasteiger partial charge in [0.2, 0.25) is 11.8 Å². The van der Waals surface area contributed by atoms with Crippen LogP contribution in [0.5, 0.6) is 0 Å². The molecule has 0 aromatic heterocycles. The summed E-state index contributed by atoms with van der Waals surface area (Å²) in [6, 6.07) is 15.8. The first-order valence-corrected chi connectivity index (χ1v) is 8.68. The van der Waals surface area contributed by atoms with E-state index in [0.717, 1.165) is 16.8 Å². The molecule has 0 spiro atoms. The first-order valence-electron chi connectivity index (χ1n) is 8.68. The van der Waals surface area contributed by atoms with Crippen LogP contribution in [0.1, 0.15) is 36.1 Å². The maximum absolute atomic E-state index is 12.6. The van der Waals surface area contributed by atoms with Crippen molar-refractivity contribution in [3.8, 4) is 0 Å². The van der Waals surface area contributed by atoms with E-state index in [1.165, 1.54) is 5.56 Å². The van der Waals surface area contributed by atoms with E-state index in [4.69, 9.17) is 0 Å². The van der Waals surface area contributed by atoms with Gasteiger partial charge in [-0.1, -0.05) is 36.4 Å². The highest BCUT2D eigenvalue weighted by Gasteiger charge is 2.35. The number of carbonyl (C=O) groups excluding carboxylic acids is 2. The Balaban J connectivity index is 1.67. The molecule has 3 rings (SSSR count). The van der Waals surface area contributed by atoms with Crippen LogP contribution in [-0.2, 0) is 9.59 Å². The van der Waals surface area contributed by atoms with Crippen LogP contribution in [0.15, 0.2) is 48.5 Å². The summed E-state index contributed by atoms with van der Waals surface area (Å²) in [6.45, 7) is 6.48. The van der Waals surface area contributed by atoms with E-state index in [1.54, 1.807) is 4.90 Å². The molecule has 0 radical (unpaired) electrons. The summed E-state index contributed by atoms with van der Waals surface area (Å²) in [6.07, 6.45) is 0.264. The summed E-state index contributed by atoms with van der Waals surface area (Å²) in [4.78, 5) is 26.7. The monoisotopic (exact) mass is 336 g/mol. The fourth-order valence-corrected chi connectivity index (χ4v) is 3.18. The molecule has 1 aliphatic heterocycles. The SMILES string of the molecule is Cc1ccc(N2C[C@H](C(=O)N[C@@H](C)c3ccccc3)CC2=O)cc1C. The van der Waals surface area contributed by atoms with E-state index in [0.29, 0.717) is 6.54 Å². The molecule has 4 nitrogen and oxygen atoms in total. The van der Waals surface area contributed by atoms with Crippen LogP contribution in [0.3, 0.4) is 0 Å². The van der Waals surface area contributed by atoms with Gasteiger partial charge in [-0.25, -0.2) is 0 Å². The van der Waals surface area contributed by atoms with Crippen LogP contribution in [0, 0.1) is 19.8 Å². The van der Waals surface area contributed by atoms with Crippen molar-refractivity contribution in [3.05, 3.63) is 65.2 Å². The largest absolute Gasteiger partial charge is 0.349 e. The number of carbonyl (C=O) groups is 2. The fraction of sp³-hybridized carbons (Fsp3) is 0.333. The Labute approximate surface area is 148 Å². The highest BCUT2D eigenvalue weighted by atomic mass is 16.2. The van der Waals surface area contributed by atoms with Gasteiger partial charge in [0.15, 0.2) is 0 Å². The molecule has 1 fully saturated rings. The Bertz CT molecular complexity index is 786. The molecule has 0 saturated carbocycles. The molecule has 0 unspecified atom stereocenters. The lowest BCUT2D eigenvalue weighted by atomic mass is 10.1. The van der Waals surface area contributed by atoms with Crippen LogP contribution in [0.4, 0.5) is 5.69 Å². The van der Waals surface area contributed by atoms with E-state index in [1.807, 2.05) is 69.3 Å².